The molecule has 1 saturated heterocycles. The Hall–Kier alpha value is -2.21. The quantitative estimate of drug-likeness (QED) is 0.845. The van der Waals surface area contributed by atoms with Crippen molar-refractivity contribution in [2.24, 2.45) is 0 Å². The summed E-state index contributed by atoms with van der Waals surface area (Å²) in [4.78, 5) is 34.1. The molecule has 0 unspecified atom stereocenters. The number of carbonyl (C=O) groups is 2. The van der Waals surface area contributed by atoms with Gasteiger partial charge in [0.2, 0.25) is 5.91 Å². The van der Waals surface area contributed by atoms with Crippen molar-refractivity contribution in [1.82, 2.24) is 14.8 Å². The van der Waals surface area contributed by atoms with Gasteiger partial charge in [-0.25, -0.2) is 4.98 Å². The maximum absolute atomic E-state index is 12.8. The molecule has 0 aliphatic carbocycles. The minimum absolute atomic E-state index is 0.00666. The van der Waals surface area contributed by atoms with E-state index in [9.17, 15) is 9.59 Å². The van der Waals surface area contributed by atoms with Gasteiger partial charge in [0.15, 0.2) is 0 Å². The van der Waals surface area contributed by atoms with Gasteiger partial charge < -0.3 is 9.80 Å². The van der Waals surface area contributed by atoms with Crippen molar-refractivity contribution in [3.05, 3.63) is 52.0 Å². The van der Waals surface area contributed by atoms with Crippen molar-refractivity contribution < 1.29 is 9.59 Å². The van der Waals surface area contributed by atoms with Gasteiger partial charge >= 0.3 is 0 Å². The first-order chi connectivity index (χ1) is 12.1. The SMILES string of the molecule is CC[C@@H]1CN(C(=O)c2scnc2C)CCC(=O)N1Cc1ccccc1. The van der Waals surface area contributed by atoms with Crippen LogP contribution >= 0.6 is 11.3 Å². The van der Waals surface area contributed by atoms with Crippen LogP contribution in [0.25, 0.3) is 0 Å². The molecule has 0 saturated carbocycles. The third kappa shape index (κ3) is 3.90. The van der Waals surface area contributed by atoms with Crippen LogP contribution in [0.2, 0.25) is 0 Å². The van der Waals surface area contributed by atoms with E-state index in [4.69, 9.17) is 0 Å². The highest BCUT2D eigenvalue weighted by atomic mass is 32.1. The standard InChI is InChI=1S/C19H23N3O2S/c1-3-16-12-21(19(24)18-14(2)20-13-25-18)10-9-17(23)22(16)11-15-7-5-4-6-8-15/h4-8,13,16H,3,9-12H2,1-2H3/t16-/m1/s1. The molecule has 1 fully saturated rings. The number of rotatable bonds is 4. The molecule has 2 amide bonds. The maximum atomic E-state index is 12.8. The van der Waals surface area contributed by atoms with Crippen molar-refractivity contribution in [3.8, 4) is 0 Å². The Balaban J connectivity index is 1.79. The maximum Gasteiger partial charge on any atom is 0.265 e. The lowest BCUT2D eigenvalue weighted by atomic mass is 10.1. The van der Waals surface area contributed by atoms with Gasteiger partial charge in [-0.3, -0.25) is 9.59 Å². The molecular weight excluding hydrogens is 334 g/mol. The van der Waals surface area contributed by atoms with Crippen LogP contribution in [0.4, 0.5) is 0 Å². The van der Waals surface area contributed by atoms with E-state index in [-0.39, 0.29) is 17.9 Å². The van der Waals surface area contributed by atoms with Gasteiger partial charge in [-0.05, 0) is 18.9 Å². The largest absolute Gasteiger partial charge is 0.335 e. The second kappa shape index (κ2) is 7.78. The number of benzene rings is 1. The molecule has 2 aromatic rings. The number of aryl methyl sites for hydroxylation is 1. The first kappa shape index (κ1) is 17.6. The number of hydrogen-bond donors (Lipinski definition) is 0. The van der Waals surface area contributed by atoms with Crippen LogP contribution in [0, 0.1) is 6.92 Å². The van der Waals surface area contributed by atoms with Crippen LogP contribution in [-0.2, 0) is 11.3 Å². The molecule has 0 N–H and O–H groups in total. The van der Waals surface area contributed by atoms with E-state index in [0.29, 0.717) is 30.9 Å². The van der Waals surface area contributed by atoms with E-state index in [1.165, 1.54) is 11.3 Å². The Morgan fingerprint density at radius 3 is 2.72 bits per heavy atom. The Labute approximate surface area is 152 Å². The van der Waals surface area contributed by atoms with Gasteiger partial charge in [0, 0.05) is 32.1 Å². The number of hydrogen-bond acceptors (Lipinski definition) is 4. The lowest BCUT2D eigenvalue weighted by Gasteiger charge is -2.31. The zero-order valence-electron chi connectivity index (χ0n) is 14.6. The van der Waals surface area contributed by atoms with Gasteiger partial charge in [-0.2, -0.15) is 0 Å². The number of thiazole rings is 1. The zero-order chi connectivity index (χ0) is 17.8. The molecule has 0 spiro atoms. The average Bonchev–Trinajstić information content (AvgIpc) is 2.99. The second-order valence-electron chi connectivity index (χ2n) is 6.34. The van der Waals surface area contributed by atoms with Gasteiger partial charge in [-0.15, -0.1) is 11.3 Å². The van der Waals surface area contributed by atoms with E-state index < -0.39 is 0 Å². The summed E-state index contributed by atoms with van der Waals surface area (Å²) in [6, 6.07) is 10.1. The number of carbonyl (C=O) groups excluding carboxylic acids is 2. The minimum Gasteiger partial charge on any atom is -0.335 e. The topological polar surface area (TPSA) is 53.5 Å². The van der Waals surface area contributed by atoms with Crippen LogP contribution in [0.15, 0.2) is 35.8 Å². The van der Waals surface area contributed by atoms with Gasteiger partial charge in [0.25, 0.3) is 5.91 Å². The predicted octanol–water partition coefficient (Wildman–Crippen LogP) is 3.10. The average molecular weight is 357 g/mol. The van der Waals surface area contributed by atoms with Crippen LogP contribution in [0.1, 0.15) is 40.7 Å². The highest BCUT2D eigenvalue weighted by molar-refractivity contribution is 7.11. The third-order valence-electron chi connectivity index (χ3n) is 4.68. The lowest BCUT2D eigenvalue weighted by Crippen LogP contribution is -2.43. The molecule has 0 radical (unpaired) electrons. The van der Waals surface area contributed by atoms with Crippen molar-refractivity contribution >= 4 is 23.2 Å². The Kier molecular flexibility index (Phi) is 5.48. The van der Waals surface area contributed by atoms with E-state index in [2.05, 4.69) is 11.9 Å². The molecule has 1 aromatic heterocycles. The smallest absolute Gasteiger partial charge is 0.265 e. The first-order valence-electron chi connectivity index (χ1n) is 8.63. The summed E-state index contributed by atoms with van der Waals surface area (Å²) in [6.45, 7) is 5.56. The normalized spacial score (nSPS) is 18.3. The van der Waals surface area contributed by atoms with E-state index in [0.717, 1.165) is 17.7 Å². The number of aromatic nitrogens is 1. The molecule has 3 rings (SSSR count). The molecule has 1 aliphatic rings. The summed E-state index contributed by atoms with van der Waals surface area (Å²) in [7, 11) is 0. The first-order valence-corrected chi connectivity index (χ1v) is 9.51. The third-order valence-corrected chi connectivity index (χ3v) is 5.60. The van der Waals surface area contributed by atoms with Crippen LogP contribution in [-0.4, -0.2) is 45.7 Å². The summed E-state index contributed by atoms with van der Waals surface area (Å²) < 4.78 is 0. The highest BCUT2D eigenvalue weighted by Crippen LogP contribution is 2.21. The molecule has 1 atom stereocenters. The van der Waals surface area contributed by atoms with E-state index in [1.807, 2.05) is 47.1 Å². The summed E-state index contributed by atoms with van der Waals surface area (Å²) in [5.41, 5.74) is 3.58. The molecule has 6 heteroatoms. The van der Waals surface area contributed by atoms with E-state index in [1.54, 1.807) is 5.51 Å². The Bertz CT molecular complexity index is 744. The molecule has 132 valence electrons. The summed E-state index contributed by atoms with van der Waals surface area (Å²) in [5, 5.41) is 0. The van der Waals surface area contributed by atoms with Gasteiger partial charge in [0.05, 0.1) is 11.2 Å². The summed E-state index contributed by atoms with van der Waals surface area (Å²) in [6.07, 6.45) is 1.19. The monoisotopic (exact) mass is 357 g/mol. The molecule has 1 aliphatic heterocycles. The van der Waals surface area contributed by atoms with E-state index >= 15 is 0 Å². The van der Waals surface area contributed by atoms with Crippen molar-refractivity contribution in [2.75, 3.05) is 13.1 Å². The van der Waals surface area contributed by atoms with Gasteiger partial charge in [-0.1, -0.05) is 37.3 Å². The summed E-state index contributed by atoms with van der Waals surface area (Å²) >= 11 is 1.37. The van der Waals surface area contributed by atoms with Crippen LogP contribution in [0.3, 0.4) is 0 Å². The zero-order valence-corrected chi connectivity index (χ0v) is 15.5. The molecule has 1 aromatic carbocycles. The lowest BCUT2D eigenvalue weighted by molar-refractivity contribution is -0.133. The number of nitrogens with zero attached hydrogens (tertiary/aromatic N) is 3. The Morgan fingerprint density at radius 2 is 2.08 bits per heavy atom. The second-order valence-corrected chi connectivity index (χ2v) is 7.19. The Morgan fingerprint density at radius 1 is 1.32 bits per heavy atom. The molecule has 5 nitrogen and oxygen atoms in total. The van der Waals surface area contributed by atoms with Crippen LogP contribution < -0.4 is 0 Å². The highest BCUT2D eigenvalue weighted by Gasteiger charge is 2.31. The fourth-order valence-electron chi connectivity index (χ4n) is 3.20. The summed E-state index contributed by atoms with van der Waals surface area (Å²) in [5.74, 6) is 0.111. The minimum atomic E-state index is -0.00666. The molecular formula is C19H23N3O2S. The molecule has 2 heterocycles. The van der Waals surface area contributed by atoms with Crippen molar-refractivity contribution in [2.45, 2.75) is 39.3 Å². The van der Waals surface area contributed by atoms with Gasteiger partial charge in [0.1, 0.15) is 4.88 Å². The van der Waals surface area contributed by atoms with Crippen LogP contribution in [0.5, 0.6) is 0 Å². The number of amides is 2. The fourth-order valence-corrected chi connectivity index (χ4v) is 3.97. The van der Waals surface area contributed by atoms with Crippen molar-refractivity contribution in [3.63, 3.8) is 0 Å². The molecule has 0 bridgehead atoms. The fraction of sp³-hybridized carbons (Fsp3) is 0.421. The predicted molar refractivity (Wildman–Crippen MR) is 98.4 cm³/mol. The van der Waals surface area contributed by atoms with Crippen molar-refractivity contribution in [1.29, 1.82) is 0 Å². The molecule has 25 heavy (non-hydrogen) atoms.